The number of piperidine rings is 1. The van der Waals surface area contributed by atoms with Gasteiger partial charge in [0.2, 0.25) is 0 Å². The summed E-state index contributed by atoms with van der Waals surface area (Å²) in [7, 11) is 0. The van der Waals surface area contributed by atoms with Gasteiger partial charge in [-0.2, -0.15) is 0 Å². The van der Waals surface area contributed by atoms with Crippen molar-refractivity contribution < 1.29 is 4.90 Å². The van der Waals surface area contributed by atoms with Crippen LogP contribution in [0.3, 0.4) is 0 Å². The van der Waals surface area contributed by atoms with Gasteiger partial charge < -0.3 is 15.5 Å². The minimum Gasteiger partial charge on any atom is -0.362 e. The molecule has 1 saturated heterocycles. The van der Waals surface area contributed by atoms with Crippen LogP contribution in [0.2, 0.25) is 0 Å². The van der Waals surface area contributed by atoms with Gasteiger partial charge in [0, 0.05) is 18.7 Å². The maximum atomic E-state index is 5.34. The third-order valence-corrected chi connectivity index (χ3v) is 4.56. The molecule has 1 aliphatic heterocycles. The Hall–Kier alpha value is -1.13. The van der Waals surface area contributed by atoms with Gasteiger partial charge in [-0.25, -0.2) is 0 Å². The Labute approximate surface area is 134 Å². The molecular weight excluding hydrogens is 278 g/mol. The summed E-state index contributed by atoms with van der Waals surface area (Å²) in [4.78, 5) is 1.76. The summed E-state index contributed by atoms with van der Waals surface area (Å²) in [6.07, 6.45) is 5.36. The normalized spacial score (nSPS) is 21.8. The Kier molecular flexibility index (Phi) is 6.46. The van der Waals surface area contributed by atoms with Crippen LogP contribution >= 0.6 is 12.2 Å². The summed E-state index contributed by atoms with van der Waals surface area (Å²) in [6, 6.07) is 9.11. The Balaban J connectivity index is 1.63. The molecule has 0 aromatic heterocycles. The van der Waals surface area contributed by atoms with Crippen molar-refractivity contribution in [2.45, 2.75) is 45.6 Å². The molecule has 1 unspecified atom stereocenters. The highest BCUT2D eigenvalue weighted by Gasteiger charge is 2.20. The van der Waals surface area contributed by atoms with Crippen molar-refractivity contribution in [3.8, 4) is 0 Å². The van der Waals surface area contributed by atoms with Crippen molar-refractivity contribution in [2.24, 2.45) is 0 Å². The fraction of sp³-hybridized carbons (Fsp3) is 0.588. The molecule has 1 aliphatic rings. The van der Waals surface area contributed by atoms with E-state index in [1.165, 1.54) is 44.3 Å². The van der Waals surface area contributed by atoms with E-state index in [1.54, 1.807) is 4.90 Å². The molecule has 2 rings (SSSR count). The smallest absolute Gasteiger partial charge is 0.170 e. The molecule has 0 bridgehead atoms. The van der Waals surface area contributed by atoms with Crippen LogP contribution in [-0.2, 0) is 0 Å². The molecule has 1 aromatic rings. The number of hydrogen-bond acceptors (Lipinski definition) is 1. The third-order valence-electron chi connectivity index (χ3n) is 4.32. The number of aryl methyl sites for hydroxylation is 1. The molecule has 4 heteroatoms. The zero-order chi connectivity index (χ0) is 15.1. The second-order valence-corrected chi connectivity index (χ2v) is 6.57. The van der Waals surface area contributed by atoms with Crippen molar-refractivity contribution >= 4 is 23.0 Å². The lowest BCUT2D eigenvalue weighted by Gasteiger charge is -2.30. The molecule has 0 saturated carbocycles. The van der Waals surface area contributed by atoms with Crippen molar-refractivity contribution in [1.29, 1.82) is 0 Å². The molecule has 0 spiro atoms. The highest BCUT2D eigenvalue weighted by molar-refractivity contribution is 7.80. The molecule has 0 aliphatic carbocycles. The molecule has 3 N–H and O–H groups in total. The lowest BCUT2D eigenvalue weighted by molar-refractivity contribution is -0.928. The molecule has 2 atom stereocenters. The van der Waals surface area contributed by atoms with Crippen LogP contribution in [0.5, 0.6) is 0 Å². The second-order valence-electron chi connectivity index (χ2n) is 6.16. The number of nitrogens with one attached hydrogen (secondary N) is 3. The third kappa shape index (κ3) is 5.64. The van der Waals surface area contributed by atoms with Gasteiger partial charge in [-0.3, -0.25) is 0 Å². The molecule has 3 nitrogen and oxygen atoms in total. The molecule has 116 valence electrons. The van der Waals surface area contributed by atoms with Crippen LogP contribution in [0.15, 0.2) is 24.3 Å². The quantitative estimate of drug-likeness (QED) is 0.575. The first-order valence-electron chi connectivity index (χ1n) is 8.11. The summed E-state index contributed by atoms with van der Waals surface area (Å²) >= 11 is 5.34. The van der Waals surface area contributed by atoms with E-state index < -0.39 is 0 Å². The van der Waals surface area contributed by atoms with Gasteiger partial charge in [0.05, 0.1) is 19.1 Å². The van der Waals surface area contributed by atoms with Crippen molar-refractivity contribution in [3.05, 3.63) is 29.8 Å². The van der Waals surface area contributed by atoms with Crippen LogP contribution in [0, 0.1) is 6.92 Å². The largest absolute Gasteiger partial charge is 0.362 e. The minimum absolute atomic E-state index is 0.724. The van der Waals surface area contributed by atoms with Crippen molar-refractivity contribution in [3.63, 3.8) is 0 Å². The summed E-state index contributed by atoms with van der Waals surface area (Å²) in [6.45, 7) is 8.01. The number of quaternary nitrogens is 1. The highest BCUT2D eigenvalue weighted by atomic mass is 32.1. The maximum Gasteiger partial charge on any atom is 0.170 e. The maximum absolute atomic E-state index is 5.34. The zero-order valence-corrected chi connectivity index (χ0v) is 14.1. The summed E-state index contributed by atoms with van der Waals surface area (Å²) in [5.74, 6) is 0. The van der Waals surface area contributed by atoms with E-state index in [-0.39, 0.29) is 0 Å². The average Bonchev–Trinajstić information content (AvgIpc) is 2.45. The first-order valence-corrected chi connectivity index (χ1v) is 8.52. The van der Waals surface area contributed by atoms with Gasteiger partial charge in [0.25, 0.3) is 0 Å². The Morgan fingerprint density at radius 3 is 3.00 bits per heavy atom. The molecular formula is C17H28N3S+. The molecule has 0 amide bonds. The first-order chi connectivity index (χ1) is 10.1. The Morgan fingerprint density at radius 1 is 1.38 bits per heavy atom. The number of anilines is 1. The molecule has 21 heavy (non-hydrogen) atoms. The number of hydrogen-bond donors (Lipinski definition) is 3. The topological polar surface area (TPSA) is 28.5 Å². The second kappa shape index (κ2) is 8.35. The van der Waals surface area contributed by atoms with Crippen molar-refractivity contribution in [1.82, 2.24) is 5.32 Å². The van der Waals surface area contributed by atoms with E-state index in [0.29, 0.717) is 0 Å². The molecule has 0 radical (unpaired) electrons. The number of thiocarbonyl (C=S) groups is 1. The van der Waals surface area contributed by atoms with E-state index >= 15 is 0 Å². The van der Waals surface area contributed by atoms with E-state index in [1.807, 2.05) is 12.1 Å². The molecule has 1 fully saturated rings. The van der Waals surface area contributed by atoms with E-state index in [0.717, 1.165) is 23.4 Å². The fourth-order valence-electron chi connectivity index (χ4n) is 3.04. The van der Waals surface area contributed by atoms with Crippen molar-refractivity contribution in [2.75, 3.05) is 25.0 Å². The predicted octanol–water partition coefficient (Wildman–Crippen LogP) is 2.13. The lowest BCUT2D eigenvalue weighted by atomic mass is 10.0. The lowest BCUT2D eigenvalue weighted by Crippen LogP contribution is -3.16. The average molecular weight is 306 g/mol. The number of rotatable bonds is 5. The highest BCUT2D eigenvalue weighted by Crippen LogP contribution is 2.09. The number of likely N-dealkylation sites (tertiary alicyclic amines) is 1. The van der Waals surface area contributed by atoms with Crippen LogP contribution in [0.4, 0.5) is 5.69 Å². The Bertz CT molecular complexity index is 461. The van der Waals surface area contributed by atoms with Gasteiger partial charge in [-0.15, -0.1) is 0 Å². The summed E-state index contributed by atoms with van der Waals surface area (Å²) in [5.41, 5.74) is 2.30. The van der Waals surface area contributed by atoms with E-state index in [4.69, 9.17) is 12.2 Å². The summed E-state index contributed by atoms with van der Waals surface area (Å²) < 4.78 is 0. The Morgan fingerprint density at radius 2 is 2.24 bits per heavy atom. The first kappa shape index (κ1) is 16.2. The van der Waals surface area contributed by atoms with Gasteiger partial charge in [0.15, 0.2) is 5.11 Å². The SMILES string of the molecule is Cc1cccc(NC(=S)NCCC[NH+]2CCCC[C@H]2C)c1. The molecule has 1 heterocycles. The predicted molar refractivity (Wildman–Crippen MR) is 94.0 cm³/mol. The molecule has 1 aromatic carbocycles. The minimum atomic E-state index is 0.724. The van der Waals surface area contributed by atoms with E-state index in [2.05, 4.69) is 36.6 Å². The monoisotopic (exact) mass is 306 g/mol. The van der Waals surface area contributed by atoms with Gasteiger partial charge >= 0.3 is 0 Å². The van der Waals surface area contributed by atoms with Crippen LogP contribution in [-0.4, -0.2) is 30.8 Å². The number of benzene rings is 1. The zero-order valence-electron chi connectivity index (χ0n) is 13.2. The van der Waals surface area contributed by atoms with E-state index in [9.17, 15) is 0 Å². The van der Waals surface area contributed by atoms with Crippen LogP contribution in [0.25, 0.3) is 0 Å². The van der Waals surface area contributed by atoms with Gasteiger partial charge in [0.1, 0.15) is 0 Å². The van der Waals surface area contributed by atoms with Gasteiger partial charge in [-0.1, -0.05) is 12.1 Å². The fourth-order valence-corrected chi connectivity index (χ4v) is 3.26. The van der Waals surface area contributed by atoms with Crippen LogP contribution in [0.1, 0.15) is 38.2 Å². The standard InChI is InChI=1S/C17H27N3S/c1-14-7-5-9-16(13-14)19-17(21)18-10-6-12-20-11-4-3-8-15(20)2/h5,7,9,13,15H,3-4,6,8,10-12H2,1-2H3,(H2,18,19,21)/p+1/t15-/m1/s1. The van der Waals surface area contributed by atoms with Gasteiger partial charge in [-0.05, 0) is 63.0 Å². The summed E-state index contributed by atoms with van der Waals surface area (Å²) in [5, 5.41) is 7.28. The van der Waals surface area contributed by atoms with Crippen LogP contribution < -0.4 is 15.5 Å².